The standard InChI is InChI=1S/C18H17ClFN5O3/c19-13-8-12(6-7-14(13)20)22-18(23-27)17-15(24-28-25-17)9-21-16(10-26)11-4-2-1-3-5-11/h1-8,16,21,26-27H,9-10H2,(H,22,23)/t16-/m0/s1. The third kappa shape index (κ3) is 4.63. The number of oxime groups is 1. The highest BCUT2D eigenvalue weighted by Gasteiger charge is 2.19. The van der Waals surface area contributed by atoms with Crippen molar-refractivity contribution in [3.05, 3.63) is 76.3 Å². The van der Waals surface area contributed by atoms with Crippen LogP contribution in [0.15, 0.2) is 58.3 Å². The van der Waals surface area contributed by atoms with Gasteiger partial charge >= 0.3 is 0 Å². The van der Waals surface area contributed by atoms with Crippen LogP contribution in [-0.2, 0) is 6.54 Å². The SMILES string of the molecule is OC[C@H](NCc1nonc1/C(=N\O)Nc1ccc(F)c(Cl)c1)c1ccccc1. The predicted octanol–water partition coefficient (Wildman–Crippen LogP) is 2.93. The Morgan fingerprint density at radius 1 is 1.21 bits per heavy atom. The molecule has 3 aromatic rings. The molecule has 146 valence electrons. The Morgan fingerprint density at radius 3 is 2.68 bits per heavy atom. The zero-order chi connectivity index (χ0) is 19.9. The van der Waals surface area contributed by atoms with E-state index in [4.69, 9.17) is 16.2 Å². The van der Waals surface area contributed by atoms with Crippen molar-refractivity contribution in [3.63, 3.8) is 0 Å². The first-order valence-electron chi connectivity index (χ1n) is 8.27. The van der Waals surface area contributed by atoms with Gasteiger partial charge in [-0.1, -0.05) is 52.2 Å². The fourth-order valence-electron chi connectivity index (χ4n) is 2.54. The topological polar surface area (TPSA) is 116 Å². The van der Waals surface area contributed by atoms with Crippen LogP contribution in [-0.4, -0.2) is 33.1 Å². The number of aliphatic hydroxyl groups is 1. The summed E-state index contributed by atoms with van der Waals surface area (Å²) in [7, 11) is 0. The number of aliphatic hydroxyl groups excluding tert-OH is 1. The number of hydrogen-bond donors (Lipinski definition) is 4. The van der Waals surface area contributed by atoms with E-state index in [9.17, 15) is 14.7 Å². The lowest BCUT2D eigenvalue weighted by molar-refractivity contribution is 0.242. The van der Waals surface area contributed by atoms with Crippen molar-refractivity contribution in [2.75, 3.05) is 11.9 Å². The molecule has 28 heavy (non-hydrogen) atoms. The van der Waals surface area contributed by atoms with Crippen LogP contribution >= 0.6 is 11.6 Å². The highest BCUT2D eigenvalue weighted by Crippen LogP contribution is 2.20. The van der Waals surface area contributed by atoms with Gasteiger partial charge in [-0.2, -0.15) is 0 Å². The van der Waals surface area contributed by atoms with Crippen molar-refractivity contribution >= 4 is 23.1 Å². The summed E-state index contributed by atoms with van der Waals surface area (Å²) < 4.78 is 18.1. The van der Waals surface area contributed by atoms with E-state index in [0.29, 0.717) is 11.4 Å². The van der Waals surface area contributed by atoms with Crippen LogP contribution in [0, 0.1) is 5.82 Å². The van der Waals surface area contributed by atoms with Crippen LogP contribution < -0.4 is 10.6 Å². The number of halogens is 2. The summed E-state index contributed by atoms with van der Waals surface area (Å²) in [4.78, 5) is 0. The number of rotatable bonds is 7. The van der Waals surface area contributed by atoms with E-state index in [2.05, 4.69) is 26.1 Å². The molecule has 1 atom stereocenters. The van der Waals surface area contributed by atoms with Crippen molar-refractivity contribution in [1.29, 1.82) is 0 Å². The molecule has 0 amide bonds. The van der Waals surface area contributed by atoms with Gasteiger partial charge in [0.1, 0.15) is 11.5 Å². The number of benzene rings is 2. The first-order valence-corrected chi connectivity index (χ1v) is 8.65. The Bertz CT molecular complexity index is 951. The average molecular weight is 406 g/mol. The maximum atomic E-state index is 13.3. The molecule has 1 aromatic heterocycles. The Kier molecular flexibility index (Phi) is 6.53. The highest BCUT2D eigenvalue weighted by atomic mass is 35.5. The van der Waals surface area contributed by atoms with Gasteiger partial charge in [-0.15, -0.1) is 0 Å². The molecule has 0 bridgehead atoms. The molecule has 10 heteroatoms. The molecule has 0 unspecified atom stereocenters. The average Bonchev–Trinajstić information content (AvgIpc) is 3.18. The molecule has 0 saturated carbocycles. The second kappa shape index (κ2) is 9.27. The van der Waals surface area contributed by atoms with Crippen LogP contribution in [0.1, 0.15) is 23.0 Å². The van der Waals surface area contributed by atoms with Crippen molar-refractivity contribution in [1.82, 2.24) is 15.6 Å². The van der Waals surface area contributed by atoms with E-state index in [1.807, 2.05) is 30.3 Å². The summed E-state index contributed by atoms with van der Waals surface area (Å²) in [5.74, 6) is -0.625. The van der Waals surface area contributed by atoms with Gasteiger partial charge in [-0.3, -0.25) is 0 Å². The molecule has 0 radical (unpaired) electrons. The van der Waals surface area contributed by atoms with E-state index in [0.717, 1.165) is 5.56 Å². The van der Waals surface area contributed by atoms with E-state index in [1.54, 1.807) is 0 Å². The van der Waals surface area contributed by atoms with Crippen LogP contribution in [0.5, 0.6) is 0 Å². The Hall–Kier alpha value is -3.01. The van der Waals surface area contributed by atoms with Gasteiger partial charge in [0, 0.05) is 12.2 Å². The number of anilines is 1. The number of amidine groups is 1. The maximum absolute atomic E-state index is 13.3. The van der Waals surface area contributed by atoms with E-state index in [-0.39, 0.29) is 35.7 Å². The number of aromatic nitrogens is 2. The van der Waals surface area contributed by atoms with Gasteiger partial charge in [-0.25, -0.2) is 9.02 Å². The molecular weight excluding hydrogens is 389 g/mol. The van der Waals surface area contributed by atoms with E-state index in [1.165, 1.54) is 18.2 Å². The summed E-state index contributed by atoms with van der Waals surface area (Å²) in [5, 5.41) is 35.6. The molecule has 0 aliphatic rings. The quantitative estimate of drug-likeness (QED) is 0.207. The zero-order valence-electron chi connectivity index (χ0n) is 14.5. The summed E-state index contributed by atoms with van der Waals surface area (Å²) in [5.41, 5.74) is 1.79. The number of nitrogens with zero attached hydrogens (tertiary/aromatic N) is 3. The van der Waals surface area contributed by atoms with Crippen molar-refractivity contribution in [2.45, 2.75) is 12.6 Å². The molecule has 0 aliphatic carbocycles. The first-order chi connectivity index (χ1) is 13.6. The van der Waals surface area contributed by atoms with Crippen molar-refractivity contribution in [2.24, 2.45) is 5.16 Å². The highest BCUT2D eigenvalue weighted by molar-refractivity contribution is 6.31. The normalized spacial score (nSPS) is 12.8. The predicted molar refractivity (Wildman–Crippen MR) is 101 cm³/mol. The molecule has 8 nitrogen and oxygen atoms in total. The molecule has 0 spiro atoms. The van der Waals surface area contributed by atoms with Gasteiger partial charge in [0.05, 0.1) is 17.7 Å². The van der Waals surface area contributed by atoms with Crippen LogP contribution in [0.3, 0.4) is 0 Å². The fourth-order valence-corrected chi connectivity index (χ4v) is 2.72. The minimum atomic E-state index is -0.571. The largest absolute Gasteiger partial charge is 0.409 e. The number of nitrogens with one attached hydrogen (secondary N) is 2. The Balaban J connectivity index is 1.73. The molecule has 1 heterocycles. The van der Waals surface area contributed by atoms with Gasteiger partial charge in [0.25, 0.3) is 0 Å². The Morgan fingerprint density at radius 2 is 2.00 bits per heavy atom. The molecular formula is C18H17ClFN5O3. The second-order valence-corrected chi connectivity index (χ2v) is 6.20. The zero-order valence-corrected chi connectivity index (χ0v) is 15.3. The summed E-state index contributed by atoms with van der Waals surface area (Å²) in [6, 6.07) is 13.0. The monoisotopic (exact) mass is 405 g/mol. The molecule has 0 fully saturated rings. The minimum absolute atomic E-state index is 0.0546. The summed E-state index contributed by atoms with van der Waals surface area (Å²) in [6.07, 6.45) is 0. The fraction of sp³-hybridized carbons (Fsp3) is 0.167. The lowest BCUT2D eigenvalue weighted by atomic mass is 10.1. The molecule has 0 saturated heterocycles. The summed E-state index contributed by atoms with van der Waals surface area (Å²) in [6.45, 7) is 0.0573. The Labute approximate surface area is 164 Å². The van der Waals surface area contributed by atoms with Gasteiger partial charge in [0.15, 0.2) is 5.69 Å². The van der Waals surface area contributed by atoms with Crippen molar-refractivity contribution < 1.29 is 19.3 Å². The third-order valence-electron chi connectivity index (χ3n) is 3.96. The second-order valence-electron chi connectivity index (χ2n) is 5.79. The number of hydrogen-bond acceptors (Lipinski definition) is 7. The maximum Gasteiger partial charge on any atom is 0.201 e. The molecule has 3 rings (SSSR count). The lowest BCUT2D eigenvalue weighted by Crippen LogP contribution is -2.26. The summed E-state index contributed by atoms with van der Waals surface area (Å²) >= 11 is 5.76. The van der Waals surface area contributed by atoms with E-state index < -0.39 is 5.82 Å². The van der Waals surface area contributed by atoms with Gasteiger partial charge in [-0.05, 0) is 28.9 Å². The van der Waals surface area contributed by atoms with Gasteiger partial charge < -0.3 is 20.9 Å². The lowest BCUT2D eigenvalue weighted by Gasteiger charge is -2.16. The molecule has 2 aromatic carbocycles. The molecule has 4 N–H and O–H groups in total. The first kappa shape index (κ1) is 19.7. The third-order valence-corrected chi connectivity index (χ3v) is 4.25. The minimum Gasteiger partial charge on any atom is -0.409 e. The molecule has 0 aliphatic heterocycles. The smallest absolute Gasteiger partial charge is 0.201 e. The van der Waals surface area contributed by atoms with Crippen LogP contribution in [0.25, 0.3) is 0 Å². The van der Waals surface area contributed by atoms with Crippen LogP contribution in [0.4, 0.5) is 10.1 Å². The van der Waals surface area contributed by atoms with Gasteiger partial charge in [0.2, 0.25) is 5.84 Å². The van der Waals surface area contributed by atoms with Crippen molar-refractivity contribution in [3.8, 4) is 0 Å². The van der Waals surface area contributed by atoms with Crippen LogP contribution in [0.2, 0.25) is 5.02 Å². The van der Waals surface area contributed by atoms with E-state index >= 15 is 0 Å².